The molecule has 1 N–H and O–H groups in total. The lowest BCUT2D eigenvalue weighted by molar-refractivity contribution is 0.0589. The lowest BCUT2D eigenvalue weighted by Crippen LogP contribution is -2.36. The highest BCUT2D eigenvalue weighted by atomic mass is 32.2. The SMILES string of the molecule is COC(=O)c1c(F)ccc(S(=O)(=O)NCC(F)S(=O)(=O)CCF)c1F. The highest BCUT2D eigenvalue weighted by Crippen LogP contribution is 2.22. The van der Waals surface area contributed by atoms with Crippen molar-refractivity contribution in [2.45, 2.75) is 10.4 Å². The Kier molecular flexibility index (Phi) is 6.90. The minimum atomic E-state index is -4.84. The van der Waals surface area contributed by atoms with Gasteiger partial charge in [-0.2, -0.15) is 0 Å². The third kappa shape index (κ3) is 4.89. The summed E-state index contributed by atoms with van der Waals surface area (Å²) in [6.45, 7) is -2.69. The number of sulfone groups is 1. The number of halogens is 4. The third-order valence-corrected chi connectivity index (χ3v) is 6.03. The van der Waals surface area contributed by atoms with E-state index in [1.807, 2.05) is 0 Å². The van der Waals surface area contributed by atoms with Gasteiger partial charge in [0.15, 0.2) is 15.7 Å². The van der Waals surface area contributed by atoms with Crippen LogP contribution in [-0.4, -0.2) is 54.4 Å². The molecule has 0 aliphatic carbocycles. The van der Waals surface area contributed by atoms with Crippen molar-refractivity contribution in [2.75, 3.05) is 26.1 Å². The molecule has 0 aromatic heterocycles. The van der Waals surface area contributed by atoms with Crippen LogP contribution in [0.25, 0.3) is 0 Å². The molecule has 1 aromatic carbocycles. The number of hydrogen-bond acceptors (Lipinski definition) is 6. The zero-order valence-electron chi connectivity index (χ0n) is 12.6. The summed E-state index contributed by atoms with van der Waals surface area (Å²) in [5.41, 5.74) is -4.06. The van der Waals surface area contributed by atoms with Gasteiger partial charge in [0, 0.05) is 0 Å². The van der Waals surface area contributed by atoms with E-state index in [0.717, 1.165) is 7.11 Å². The molecule has 0 spiro atoms. The largest absolute Gasteiger partial charge is 0.465 e. The molecular formula is C12H13F4NO6S2. The van der Waals surface area contributed by atoms with E-state index in [-0.39, 0.29) is 0 Å². The van der Waals surface area contributed by atoms with E-state index in [1.165, 1.54) is 4.72 Å². The van der Waals surface area contributed by atoms with Gasteiger partial charge in [0.05, 0.1) is 19.4 Å². The first-order chi connectivity index (χ1) is 11.5. The summed E-state index contributed by atoms with van der Waals surface area (Å²) in [4.78, 5) is 10.1. The van der Waals surface area contributed by atoms with Crippen LogP contribution >= 0.6 is 0 Å². The molecule has 0 bridgehead atoms. The third-order valence-electron chi connectivity index (χ3n) is 2.92. The summed E-state index contributed by atoms with van der Waals surface area (Å²) < 4.78 is 105. The molecule has 7 nitrogen and oxygen atoms in total. The van der Waals surface area contributed by atoms with Crippen LogP contribution in [0.5, 0.6) is 0 Å². The number of rotatable bonds is 8. The fourth-order valence-corrected chi connectivity index (χ4v) is 3.67. The fraction of sp³-hybridized carbons (Fsp3) is 0.417. The maximum atomic E-state index is 14.1. The monoisotopic (exact) mass is 407 g/mol. The molecule has 0 saturated heterocycles. The van der Waals surface area contributed by atoms with Crippen LogP contribution in [0.4, 0.5) is 17.6 Å². The minimum absolute atomic E-state index is 0.461. The van der Waals surface area contributed by atoms with E-state index in [1.54, 1.807) is 0 Å². The first-order valence-corrected chi connectivity index (χ1v) is 9.65. The van der Waals surface area contributed by atoms with Crippen LogP contribution in [0.2, 0.25) is 0 Å². The molecule has 13 heteroatoms. The Morgan fingerprint density at radius 3 is 2.36 bits per heavy atom. The molecule has 1 rings (SSSR count). The molecule has 25 heavy (non-hydrogen) atoms. The maximum Gasteiger partial charge on any atom is 0.343 e. The van der Waals surface area contributed by atoms with Gasteiger partial charge < -0.3 is 4.74 Å². The summed E-state index contributed by atoms with van der Waals surface area (Å²) in [7, 11) is -8.58. The number of methoxy groups -OCH3 is 1. The topological polar surface area (TPSA) is 107 Å². The lowest BCUT2D eigenvalue weighted by atomic mass is 10.2. The minimum Gasteiger partial charge on any atom is -0.465 e. The number of hydrogen-bond donors (Lipinski definition) is 1. The van der Waals surface area contributed by atoms with Gasteiger partial charge in [-0.15, -0.1) is 0 Å². The number of nitrogens with one attached hydrogen (secondary N) is 1. The molecule has 1 aromatic rings. The van der Waals surface area contributed by atoms with E-state index in [2.05, 4.69) is 4.74 Å². The Morgan fingerprint density at radius 1 is 1.24 bits per heavy atom. The normalized spacial score (nSPS) is 13.5. The smallest absolute Gasteiger partial charge is 0.343 e. The molecule has 0 aliphatic rings. The number of ether oxygens (including phenoxy) is 1. The average Bonchev–Trinajstić information content (AvgIpc) is 2.52. The highest BCUT2D eigenvalue weighted by Gasteiger charge is 2.30. The molecule has 1 atom stereocenters. The Labute approximate surface area is 140 Å². The van der Waals surface area contributed by atoms with Gasteiger partial charge in [0.25, 0.3) is 0 Å². The fourth-order valence-electron chi connectivity index (χ4n) is 1.65. The molecule has 0 aliphatic heterocycles. The van der Waals surface area contributed by atoms with E-state index in [9.17, 15) is 39.2 Å². The van der Waals surface area contributed by atoms with Crippen molar-refractivity contribution >= 4 is 25.8 Å². The zero-order chi connectivity index (χ0) is 19.4. The van der Waals surface area contributed by atoms with Crippen molar-refractivity contribution < 1.29 is 43.9 Å². The number of sulfonamides is 1. The van der Waals surface area contributed by atoms with Gasteiger partial charge in [-0.3, -0.25) is 0 Å². The number of alkyl halides is 2. The van der Waals surface area contributed by atoms with Crippen molar-refractivity contribution in [3.63, 3.8) is 0 Å². The second-order valence-electron chi connectivity index (χ2n) is 4.54. The lowest BCUT2D eigenvalue weighted by Gasteiger charge is -2.12. The van der Waals surface area contributed by atoms with Gasteiger partial charge in [-0.1, -0.05) is 0 Å². The number of carbonyl (C=O) groups is 1. The van der Waals surface area contributed by atoms with Gasteiger partial charge in [0.1, 0.15) is 23.0 Å². The Bertz CT molecular complexity index is 857. The van der Waals surface area contributed by atoms with E-state index in [4.69, 9.17) is 0 Å². The second kappa shape index (κ2) is 8.10. The van der Waals surface area contributed by atoms with Crippen molar-refractivity contribution in [2.24, 2.45) is 0 Å². The van der Waals surface area contributed by atoms with Gasteiger partial charge in [-0.25, -0.2) is 43.9 Å². The molecule has 0 saturated carbocycles. The van der Waals surface area contributed by atoms with Gasteiger partial charge in [0.2, 0.25) is 15.5 Å². The van der Waals surface area contributed by atoms with E-state index in [0.29, 0.717) is 12.1 Å². The molecule has 0 heterocycles. The predicted octanol–water partition coefficient (Wildman–Crippen LogP) is 0.710. The first-order valence-electron chi connectivity index (χ1n) is 6.45. The van der Waals surface area contributed by atoms with Crippen LogP contribution in [0.15, 0.2) is 17.0 Å². The van der Waals surface area contributed by atoms with Crippen molar-refractivity contribution in [3.8, 4) is 0 Å². The highest BCUT2D eigenvalue weighted by molar-refractivity contribution is 7.92. The molecule has 0 radical (unpaired) electrons. The molecule has 1 unspecified atom stereocenters. The van der Waals surface area contributed by atoms with Crippen molar-refractivity contribution in [1.82, 2.24) is 4.72 Å². The van der Waals surface area contributed by atoms with Crippen LogP contribution in [-0.2, 0) is 24.6 Å². The van der Waals surface area contributed by atoms with E-state index >= 15 is 0 Å². The van der Waals surface area contributed by atoms with Crippen molar-refractivity contribution in [1.29, 1.82) is 0 Å². The summed E-state index contributed by atoms with van der Waals surface area (Å²) in [6, 6.07) is 0.930. The van der Waals surface area contributed by atoms with Crippen LogP contribution < -0.4 is 4.72 Å². The Balaban J connectivity index is 3.14. The number of carbonyl (C=O) groups excluding carboxylic acids is 1. The average molecular weight is 407 g/mol. The second-order valence-corrected chi connectivity index (χ2v) is 8.52. The molecule has 0 fully saturated rings. The quantitative estimate of drug-likeness (QED) is 0.503. The molecule has 0 amide bonds. The summed E-state index contributed by atoms with van der Waals surface area (Å²) in [5, 5.41) is 0. The number of benzene rings is 1. The van der Waals surface area contributed by atoms with Crippen LogP contribution in [0, 0.1) is 11.6 Å². The standard InChI is InChI=1S/C12H13F4NO6S2/c1-23-12(18)10-7(14)2-3-8(11(10)16)25(21,22)17-6-9(15)24(19,20)5-4-13/h2-3,9,17H,4-6H2,1H3. The Hall–Kier alpha value is -1.73. The van der Waals surface area contributed by atoms with E-state index < -0.39 is 72.4 Å². The van der Waals surface area contributed by atoms with Crippen LogP contribution in [0.1, 0.15) is 10.4 Å². The summed E-state index contributed by atoms with van der Waals surface area (Å²) in [6.07, 6.45) is 0. The molecular weight excluding hydrogens is 394 g/mol. The number of esters is 1. The van der Waals surface area contributed by atoms with Gasteiger partial charge in [-0.05, 0) is 12.1 Å². The summed E-state index contributed by atoms with van der Waals surface area (Å²) in [5.74, 6) is -5.83. The zero-order valence-corrected chi connectivity index (χ0v) is 14.3. The van der Waals surface area contributed by atoms with Crippen molar-refractivity contribution in [3.05, 3.63) is 29.3 Å². The van der Waals surface area contributed by atoms with Crippen LogP contribution in [0.3, 0.4) is 0 Å². The predicted molar refractivity (Wildman–Crippen MR) is 77.5 cm³/mol. The first kappa shape index (κ1) is 21.3. The van der Waals surface area contributed by atoms with Gasteiger partial charge >= 0.3 is 5.97 Å². The summed E-state index contributed by atoms with van der Waals surface area (Å²) >= 11 is 0. The Morgan fingerprint density at radius 2 is 1.84 bits per heavy atom. The molecule has 142 valence electrons. The maximum absolute atomic E-state index is 14.1.